The maximum absolute atomic E-state index is 14.9. The lowest BCUT2D eigenvalue weighted by Crippen LogP contribution is -2.41. The second-order valence-corrected chi connectivity index (χ2v) is 7.44. The van der Waals surface area contributed by atoms with E-state index >= 15 is 0 Å². The molecule has 32 heavy (non-hydrogen) atoms. The number of carbonyl (C=O) groups excluding carboxylic acids is 1. The zero-order valence-electron chi connectivity index (χ0n) is 17.0. The lowest BCUT2D eigenvalue weighted by molar-refractivity contribution is 0.0300. The van der Waals surface area contributed by atoms with Gasteiger partial charge < -0.3 is 9.64 Å². The van der Waals surface area contributed by atoms with E-state index in [2.05, 4.69) is 16.0 Å². The largest absolute Gasteiger partial charge is 0.378 e. The van der Waals surface area contributed by atoms with Crippen molar-refractivity contribution >= 4 is 11.7 Å². The normalized spacial score (nSPS) is 13.8. The molecule has 158 valence electrons. The lowest BCUT2D eigenvalue weighted by Gasteiger charge is -2.27. The number of imidazole rings is 1. The monoisotopic (exact) mass is 427 g/mol. The number of halogens is 1. The number of fused-ring (bicyclic) bond motifs is 1. The molecule has 0 bridgehead atoms. The summed E-state index contributed by atoms with van der Waals surface area (Å²) in [5.74, 6) is -0.395. The van der Waals surface area contributed by atoms with E-state index in [0.29, 0.717) is 48.8 Å². The fourth-order valence-corrected chi connectivity index (χ4v) is 3.76. The molecule has 7 nitrogen and oxygen atoms in total. The van der Waals surface area contributed by atoms with Gasteiger partial charge in [-0.15, -0.1) is 0 Å². The van der Waals surface area contributed by atoms with Crippen LogP contribution in [-0.4, -0.2) is 51.5 Å². The van der Waals surface area contributed by atoms with Crippen LogP contribution < -0.4 is 0 Å². The van der Waals surface area contributed by atoms with Crippen molar-refractivity contribution in [3.63, 3.8) is 0 Å². The number of amides is 1. The molecule has 0 aliphatic carbocycles. The lowest BCUT2D eigenvalue weighted by atomic mass is 10.0. The van der Waals surface area contributed by atoms with Crippen LogP contribution in [0, 0.1) is 17.1 Å². The molecule has 1 aliphatic heterocycles. The van der Waals surface area contributed by atoms with Gasteiger partial charge in [-0.25, -0.2) is 14.4 Å². The third-order valence-corrected chi connectivity index (χ3v) is 5.51. The summed E-state index contributed by atoms with van der Waals surface area (Å²) in [6.07, 6.45) is 5.17. The molecule has 8 heteroatoms. The highest BCUT2D eigenvalue weighted by Crippen LogP contribution is 2.26. The Morgan fingerprint density at radius 1 is 1.00 bits per heavy atom. The third kappa shape index (κ3) is 3.59. The van der Waals surface area contributed by atoms with Crippen molar-refractivity contribution in [2.45, 2.75) is 0 Å². The molecule has 2 aromatic heterocycles. The summed E-state index contributed by atoms with van der Waals surface area (Å²) in [7, 11) is 0. The number of rotatable bonds is 3. The molecule has 1 aliphatic rings. The van der Waals surface area contributed by atoms with Crippen molar-refractivity contribution in [1.29, 1.82) is 5.26 Å². The SMILES string of the molecule is N#Cc1ccc(-c2cnc3ncc(-c4ccc(C(=O)N5CCOCC5)c(F)c4)cn23)cc1. The number of nitrogens with zero attached hydrogens (tertiary/aromatic N) is 5. The Labute approximate surface area is 183 Å². The van der Waals surface area contributed by atoms with E-state index in [0.717, 1.165) is 11.3 Å². The first-order valence-corrected chi connectivity index (χ1v) is 10.1. The van der Waals surface area contributed by atoms with Gasteiger partial charge in [0.15, 0.2) is 0 Å². The molecule has 1 amide bonds. The average Bonchev–Trinajstić information content (AvgIpc) is 3.27. The van der Waals surface area contributed by atoms with Crippen LogP contribution in [0.3, 0.4) is 0 Å². The van der Waals surface area contributed by atoms with Gasteiger partial charge in [0.1, 0.15) is 5.82 Å². The van der Waals surface area contributed by atoms with Gasteiger partial charge in [-0.2, -0.15) is 5.26 Å². The van der Waals surface area contributed by atoms with Gasteiger partial charge in [0.25, 0.3) is 5.91 Å². The van der Waals surface area contributed by atoms with Gasteiger partial charge in [-0.3, -0.25) is 9.20 Å². The highest BCUT2D eigenvalue weighted by atomic mass is 19.1. The van der Waals surface area contributed by atoms with Crippen LogP contribution in [0.5, 0.6) is 0 Å². The van der Waals surface area contributed by atoms with Crippen molar-refractivity contribution in [1.82, 2.24) is 19.3 Å². The minimum atomic E-state index is -0.572. The van der Waals surface area contributed by atoms with Crippen molar-refractivity contribution in [3.05, 3.63) is 78.0 Å². The minimum Gasteiger partial charge on any atom is -0.378 e. The van der Waals surface area contributed by atoms with Crippen molar-refractivity contribution in [2.75, 3.05) is 26.3 Å². The molecule has 0 spiro atoms. The van der Waals surface area contributed by atoms with Gasteiger partial charge >= 0.3 is 0 Å². The molecular formula is C24H18FN5O2. The second kappa shape index (κ2) is 8.21. The molecule has 0 atom stereocenters. The topological polar surface area (TPSA) is 83.5 Å². The number of hydrogen-bond acceptors (Lipinski definition) is 5. The molecule has 1 fully saturated rings. The van der Waals surface area contributed by atoms with E-state index in [1.807, 2.05) is 22.7 Å². The molecule has 0 N–H and O–H groups in total. The molecule has 0 radical (unpaired) electrons. The van der Waals surface area contributed by atoms with Crippen molar-refractivity contribution in [3.8, 4) is 28.5 Å². The first kappa shape index (κ1) is 19.8. The van der Waals surface area contributed by atoms with Crippen LogP contribution in [0.15, 0.2) is 61.1 Å². The number of carbonyl (C=O) groups is 1. The number of nitriles is 1. The molecule has 0 unspecified atom stereocenters. The van der Waals surface area contributed by atoms with Crippen LogP contribution in [0.1, 0.15) is 15.9 Å². The van der Waals surface area contributed by atoms with E-state index in [1.54, 1.807) is 35.5 Å². The van der Waals surface area contributed by atoms with Crippen LogP contribution in [0.2, 0.25) is 0 Å². The number of morpholine rings is 1. The summed E-state index contributed by atoms with van der Waals surface area (Å²) in [6, 6.07) is 13.9. The predicted molar refractivity (Wildman–Crippen MR) is 115 cm³/mol. The van der Waals surface area contributed by atoms with Crippen molar-refractivity contribution < 1.29 is 13.9 Å². The van der Waals surface area contributed by atoms with E-state index in [9.17, 15) is 9.18 Å². The van der Waals surface area contributed by atoms with Gasteiger partial charge in [0.05, 0.1) is 42.3 Å². The number of ether oxygens (including phenoxy) is 1. The average molecular weight is 427 g/mol. The van der Waals surface area contributed by atoms with Gasteiger partial charge in [-0.05, 0) is 29.8 Å². The number of hydrogen-bond donors (Lipinski definition) is 0. The van der Waals surface area contributed by atoms with Gasteiger partial charge in [0.2, 0.25) is 5.78 Å². The van der Waals surface area contributed by atoms with Crippen LogP contribution in [0.4, 0.5) is 4.39 Å². The molecular weight excluding hydrogens is 409 g/mol. The van der Waals surface area contributed by atoms with Crippen LogP contribution >= 0.6 is 0 Å². The zero-order chi connectivity index (χ0) is 22.1. The molecule has 4 aromatic rings. The summed E-state index contributed by atoms with van der Waals surface area (Å²) in [4.78, 5) is 23.0. The first-order valence-electron chi connectivity index (χ1n) is 10.1. The Hall–Kier alpha value is -4.09. The maximum atomic E-state index is 14.9. The Kier molecular flexibility index (Phi) is 5.09. The highest BCUT2D eigenvalue weighted by Gasteiger charge is 2.22. The summed E-state index contributed by atoms with van der Waals surface area (Å²) in [5, 5.41) is 9.01. The Morgan fingerprint density at radius 2 is 1.72 bits per heavy atom. The van der Waals surface area contributed by atoms with E-state index < -0.39 is 5.82 Å². The minimum absolute atomic E-state index is 0.0468. The van der Waals surface area contributed by atoms with E-state index in [-0.39, 0.29) is 11.5 Å². The Bertz CT molecular complexity index is 1350. The molecule has 2 aromatic carbocycles. The second-order valence-electron chi connectivity index (χ2n) is 7.44. The van der Waals surface area contributed by atoms with Gasteiger partial charge in [-0.1, -0.05) is 18.2 Å². The summed E-state index contributed by atoms with van der Waals surface area (Å²) >= 11 is 0. The van der Waals surface area contributed by atoms with Crippen molar-refractivity contribution in [2.24, 2.45) is 0 Å². The summed E-state index contributed by atoms with van der Waals surface area (Å²) < 4.78 is 21.9. The smallest absolute Gasteiger partial charge is 0.256 e. The number of benzene rings is 2. The van der Waals surface area contributed by atoms with Crippen LogP contribution in [-0.2, 0) is 4.74 Å². The quantitative estimate of drug-likeness (QED) is 0.499. The predicted octanol–water partition coefficient (Wildman–Crippen LogP) is 3.55. The van der Waals surface area contributed by atoms with Gasteiger partial charge in [0, 0.05) is 36.6 Å². The molecule has 3 heterocycles. The maximum Gasteiger partial charge on any atom is 0.256 e. The standard InChI is InChI=1S/C24H18FN5O2/c25-21-11-18(5-6-20(21)23(31)29-7-9-32-10-8-29)19-13-27-24-28-14-22(30(24)15-19)17-3-1-16(12-26)2-4-17/h1-6,11,13-15H,7-10H2. The molecule has 5 rings (SSSR count). The van der Waals surface area contributed by atoms with Crippen LogP contribution in [0.25, 0.3) is 28.2 Å². The highest BCUT2D eigenvalue weighted by molar-refractivity contribution is 5.95. The van der Waals surface area contributed by atoms with E-state index in [1.165, 1.54) is 12.1 Å². The summed E-state index contributed by atoms with van der Waals surface area (Å²) in [5.41, 5.74) is 3.60. The Balaban J connectivity index is 1.48. The zero-order valence-corrected chi connectivity index (χ0v) is 17.0. The molecule has 1 saturated heterocycles. The third-order valence-electron chi connectivity index (χ3n) is 5.51. The number of aromatic nitrogens is 3. The fourth-order valence-electron chi connectivity index (χ4n) is 3.76. The fraction of sp³-hybridized carbons (Fsp3) is 0.167. The Morgan fingerprint density at radius 3 is 2.44 bits per heavy atom. The molecule has 0 saturated carbocycles. The summed E-state index contributed by atoms with van der Waals surface area (Å²) in [6.45, 7) is 1.84. The van der Waals surface area contributed by atoms with E-state index in [4.69, 9.17) is 10.00 Å². The first-order chi connectivity index (χ1) is 15.6.